The number of benzene rings is 1. The van der Waals surface area contributed by atoms with E-state index in [-0.39, 0.29) is 24.0 Å². The van der Waals surface area contributed by atoms with Crippen molar-refractivity contribution in [2.45, 2.75) is 26.6 Å². The van der Waals surface area contributed by atoms with Gasteiger partial charge >= 0.3 is 0 Å². The Balaban J connectivity index is 0.00000261. The van der Waals surface area contributed by atoms with Gasteiger partial charge in [0.2, 0.25) is 0 Å². The number of hydrogen-bond acceptors (Lipinski definition) is 4. The van der Waals surface area contributed by atoms with Crippen molar-refractivity contribution in [2.75, 3.05) is 6.54 Å². The molecule has 3 aromatic rings. The minimum atomic E-state index is 0. The summed E-state index contributed by atoms with van der Waals surface area (Å²) in [5.74, 6) is 1.61. The summed E-state index contributed by atoms with van der Waals surface area (Å²) in [4.78, 5) is 8.93. The van der Waals surface area contributed by atoms with Gasteiger partial charge in [-0.05, 0) is 24.1 Å². The number of nitrogens with one attached hydrogen (secondary N) is 2. The first-order valence-electron chi connectivity index (χ1n) is 8.65. The summed E-state index contributed by atoms with van der Waals surface area (Å²) in [6.07, 6.45) is 5.31. The third-order valence-electron chi connectivity index (χ3n) is 3.98. The van der Waals surface area contributed by atoms with Crippen LogP contribution in [-0.2, 0) is 26.7 Å². The van der Waals surface area contributed by atoms with Crippen LogP contribution in [0.5, 0.6) is 0 Å². The zero-order valence-corrected chi connectivity index (χ0v) is 17.9. The Morgan fingerprint density at radius 2 is 1.93 bits per heavy atom. The second-order valence-corrected chi connectivity index (χ2v) is 5.82. The molecule has 0 unspecified atom stereocenters. The van der Waals surface area contributed by atoms with E-state index in [0.29, 0.717) is 13.1 Å². The van der Waals surface area contributed by atoms with E-state index in [1.807, 2.05) is 43.0 Å². The van der Waals surface area contributed by atoms with Crippen molar-refractivity contribution >= 4 is 29.9 Å². The molecular formula is C18H25IN8. The van der Waals surface area contributed by atoms with E-state index in [1.54, 1.807) is 17.2 Å². The maximum absolute atomic E-state index is 4.71. The molecular weight excluding hydrogens is 455 g/mol. The molecule has 27 heavy (non-hydrogen) atoms. The van der Waals surface area contributed by atoms with Crippen LogP contribution < -0.4 is 10.6 Å². The minimum Gasteiger partial charge on any atom is -0.357 e. The number of nitrogens with zero attached hydrogens (tertiary/aromatic N) is 6. The minimum absolute atomic E-state index is 0. The number of halogens is 1. The summed E-state index contributed by atoms with van der Waals surface area (Å²) < 4.78 is 3.66. The van der Waals surface area contributed by atoms with Crippen LogP contribution in [0.25, 0.3) is 0 Å². The summed E-state index contributed by atoms with van der Waals surface area (Å²) in [6, 6.07) is 10.2. The van der Waals surface area contributed by atoms with Gasteiger partial charge in [-0.25, -0.2) is 9.98 Å². The largest absolute Gasteiger partial charge is 0.357 e. The van der Waals surface area contributed by atoms with Crippen molar-refractivity contribution in [3.05, 3.63) is 66.0 Å². The molecule has 2 N–H and O–H groups in total. The number of aromatic nitrogens is 5. The van der Waals surface area contributed by atoms with Crippen LogP contribution in [0, 0.1) is 0 Å². The molecule has 8 nitrogen and oxygen atoms in total. The molecule has 0 amide bonds. The van der Waals surface area contributed by atoms with Crippen LogP contribution in [0.2, 0.25) is 0 Å². The highest BCUT2D eigenvalue weighted by Crippen LogP contribution is 2.11. The van der Waals surface area contributed by atoms with Gasteiger partial charge in [0.15, 0.2) is 5.96 Å². The molecule has 0 saturated carbocycles. The maximum Gasteiger partial charge on any atom is 0.191 e. The van der Waals surface area contributed by atoms with Gasteiger partial charge in [0.25, 0.3) is 0 Å². The summed E-state index contributed by atoms with van der Waals surface area (Å²) in [7, 11) is 1.87. The van der Waals surface area contributed by atoms with Gasteiger partial charge in [0.05, 0.1) is 19.6 Å². The van der Waals surface area contributed by atoms with Gasteiger partial charge in [0, 0.05) is 26.0 Å². The second-order valence-electron chi connectivity index (χ2n) is 5.82. The van der Waals surface area contributed by atoms with E-state index in [9.17, 15) is 0 Å². The van der Waals surface area contributed by atoms with Gasteiger partial charge in [-0.2, -0.15) is 10.2 Å². The van der Waals surface area contributed by atoms with Crippen LogP contribution in [0.4, 0.5) is 0 Å². The van der Waals surface area contributed by atoms with Gasteiger partial charge in [-0.3, -0.25) is 9.36 Å². The van der Waals surface area contributed by atoms with Crippen molar-refractivity contribution < 1.29 is 0 Å². The Morgan fingerprint density at radius 1 is 1.11 bits per heavy atom. The molecule has 9 heteroatoms. The summed E-state index contributed by atoms with van der Waals surface area (Å²) in [6.45, 7) is 4.73. The van der Waals surface area contributed by atoms with Crippen molar-refractivity contribution in [3.8, 4) is 0 Å². The molecule has 144 valence electrons. The molecule has 0 bridgehead atoms. The van der Waals surface area contributed by atoms with Crippen molar-refractivity contribution in [1.82, 2.24) is 35.2 Å². The Kier molecular flexibility index (Phi) is 8.24. The lowest BCUT2D eigenvalue weighted by molar-refractivity contribution is 0.671. The lowest BCUT2D eigenvalue weighted by Crippen LogP contribution is -2.37. The third-order valence-corrected chi connectivity index (χ3v) is 3.98. The Hall–Kier alpha value is -2.43. The number of aryl methyl sites for hydroxylation is 1. The molecule has 0 atom stereocenters. The Labute approximate surface area is 176 Å². The SMILES string of the molecule is CCNC(=NCc1ccccc1Cn1cccn1)NCc1ncnn1C.I. The molecule has 0 fully saturated rings. The molecule has 0 spiro atoms. The van der Waals surface area contributed by atoms with E-state index in [2.05, 4.69) is 37.9 Å². The molecule has 2 aromatic heterocycles. The first-order valence-corrected chi connectivity index (χ1v) is 8.65. The van der Waals surface area contributed by atoms with E-state index in [4.69, 9.17) is 4.99 Å². The molecule has 2 heterocycles. The lowest BCUT2D eigenvalue weighted by Gasteiger charge is -2.12. The molecule has 0 aliphatic heterocycles. The number of rotatable bonds is 7. The topological polar surface area (TPSA) is 84.9 Å². The van der Waals surface area contributed by atoms with Gasteiger partial charge in [-0.1, -0.05) is 24.3 Å². The highest BCUT2D eigenvalue weighted by atomic mass is 127. The van der Waals surface area contributed by atoms with E-state index >= 15 is 0 Å². The second kappa shape index (κ2) is 10.7. The standard InChI is InChI=1S/C18H24N8.HI/c1-3-19-18(21-12-17-22-14-24-25(17)2)20-11-15-7-4-5-8-16(15)13-26-10-6-9-23-26;/h4-10,14H,3,11-13H2,1-2H3,(H2,19,20,21);1H. The predicted octanol–water partition coefficient (Wildman–Crippen LogP) is 1.93. The Bertz CT molecular complexity index is 841. The molecule has 0 radical (unpaired) electrons. The fourth-order valence-corrected chi connectivity index (χ4v) is 2.58. The van der Waals surface area contributed by atoms with Crippen LogP contribution in [0.1, 0.15) is 23.9 Å². The summed E-state index contributed by atoms with van der Waals surface area (Å²) in [5, 5.41) is 14.9. The summed E-state index contributed by atoms with van der Waals surface area (Å²) >= 11 is 0. The first kappa shape index (κ1) is 20.9. The normalized spacial score (nSPS) is 11.1. The monoisotopic (exact) mass is 480 g/mol. The van der Waals surface area contributed by atoms with E-state index in [0.717, 1.165) is 24.9 Å². The molecule has 0 saturated heterocycles. The average Bonchev–Trinajstić information content (AvgIpc) is 3.30. The Morgan fingerprint density at radius 3 is 2.59 bits per heavy atom. The van der Waals surface area contributed by atoms with Crippen molar-refractivity contribution in [2.24, 2.45) is 12.0 Å². The number of aliphatic imine (C=N–C) groups is 1. The zero-order valence-electron chi connectivity index (χ0n) is 15.5. The fraction of sp³-hybridized carbons (Fsp3) is 0.333. The van der Waals surface area contributed by atoms with Crippen LogP contribution >= 0.6 is 24.0 Å². The third kappa shape index (κ3) is 6.05. The molecule has 1 aromatic carbocycles. The van der Waals surface area contributed by atoms with E-state index < -0.39 is 0 Å². The highest BCUT2D eigenvalue weighted by molar-refractivity contribution is 14.0. The molecule has 0 aliphatic rings. The van der Waals surface area contributed by atoms with Crippen molar-refractivity contribution in [3.63, 3.8) is 0 Å². The van der Waals surface area contributed by atoms with Crippen LogP contribution in [-0.4, -0.2) is 37.0 Å². The van der Waals surface area contributed by atoms with Gasteiger partial charge in [0.1, 0.15) is 12.2 Å². The first-order chi connectivity index (χ1) is 12.8. The molecule has 3 rings (SSSR count). The fourth-order valence-electron chi connectivity index (χ4n) is 2.58. The lowest BCUT2D eigenvalue weighted by atomic mass is 10.1. The average molecular weight is 480 g/mol. The highest BCUT2D eigenvalue weighted by Gasteiger charge is 2.05. The van der Waals surface area contributed by atoms with Gasteiger partial charge < -0.3 is 10.6 Å². The number of guanidine groups is 1. The zero-order chi connectivity index (χ0) is 18.2. The summed E-state index contributed by atoms with van der Waals surface area (Å²) in [5.41, 5.74) is 2.39. The van der Waals surface area contributed by atoms with Crippen molar-refractivity contribution in [1.29, 1.82) is 0 Å². The quantitative estimate of drug-likeness (QED) is 0.307. The van der Waals surface area contributed by atoms with E-state index in [1.165, 1.54) is 11.1 Å². The smallest absolute Gasteiger partial charge is 0.191 e. The van der Waals surface area contributed by atoms with Gasteiger partial charge in [-0.15, -0.1) is 24.0 Å². The maximum atomic E-state index is 4.71. The number of hydrogen-bond donors (Lipinski definition) is 2. The van der Waals surface area contributed by atoms with Crippen LogP contribution in [0.15, 0.2) is 54.0 Å². The molecule has 0 aliphatic carbocycles. The predicted molar refractivity (Wildman–Crippen MR) is 116 cm³/mol. The van der Waals surface area contributed by atoms with Crippen LogP contribution in [0.3, 0.4) is 0 Å².